The second-order valence-electron chi connectivity index (χ2n) is 4.39. The Labute approximate surface area is 106 Å². The van der Waals surface area contributed by atoms with E-state index in [2.05, 4.69) is 19.2 Å². The lowest BCUT2D eigenvalue weighted by molar-refractivity contribution is 0.0469. The molecule has 4 nitrogen and oxygen atoms in total. The van der Waals surface area contributed by atoms with Gasteiger partial charge in [-0.2, -0.15) is 0 Å². The van der Waals surface area contributed by atoms with Gasteiger partial charge in [0.2, 0.25) is 0 Å². The van der Waals surface area contributed by atoms with Crippen LogP contribution in [-0.4, -0.2) is 53.2 Å². The van der Waals surface area contributed by atoms with Gasteiger partial charge in [-0.3, -0.25) is 0 Å². The third-order valence-electron chi connectivity index (χ3n) is 2.85. The Morgan fingerprint density at radius 1 is 1.06 bits per heavy atom. The van der Waals surface area contributed by atoms with E-state index in [4.69, 9.17) is 14.2 Å². The van der Waals surface area contributed by atoms with Crippen LogP contribution in [0.3, 0.4) is 0 Å². The molecule has 0 aliphatic rings. The van der Waals surface area contributed by atoms with Crippen LogP contribution in [0.2, 0.25) is 0 Å². The van der Waals surface area contributed by atoms with Gasteiger partial charge in [0.1, 0.15) is 0 Å². The maximum absolute atomic E-state index is 5.61. The first-order valence-electron chi connectivity index (χ1n) is 6.55. The van der Waals surface area contributed by atoms with Gasteiger partial charge in [-0.05, 0) is 25.3 Å². The van der Waals surface area contributed by atoms with Crippen LogP contribution in [0.1, 0.15) is 26.7 Å². The highest BCUT2D eigenvalue weighted by molar-refractivity contribution is 4.73. The van der Waals surface area contributed by atoms with E-state index in [1.807, 2.05) is 0 Å². The van der Waals surface area contributed by atoms with Crippen LogP contribution in [-0.2, 0) is 14.2 Å². The highest BCUT2D eigenvalue weighted by Crippen LogP contribution is 2.09. The highest BCUT2D eigenvalue weighted by Gasteiger charge is 2.16. The summed E-state index contributed by atoms with van der Waals surface area (Å²) in [6.45, 7) is 8.33. The number of ether oxygens (including phenoxy) is 3. The van der Waals surface area contributed by atoms with Crippen molar-refractivity contribution in [3.05, 3.63) is 0 Å². The minimum absolute atomic E-state index is 0.405. The maximum Gasteiger partial charge on any atom is 0.0701 e. The Morgan fingerprint density at radius 3 is 2.35 bits per heavy atom. The molecule has 2 atom stereocenters. The Morgan fingerprint density at radius 2 is 1.76 bits per heavy atom. The predicted octanol–water partition coefficient (Wildman–Crippen LogP) is 1.69. The van der Waals surface area contributed by atoms with Gasteiger partial charge >= 0.3 is 0 Å². The molecule has 0 rings (SSSR count). The Hall–Kier alpha value is -0.160. The summed E-state index contributed by atoms with van der Waals surface area (Å²) < 4.78 is 15.7. The fourth-order valence-electron chi connectivity index (χ4n) is 1.61. The smallest absolute Gasteiger partial charge is 0.0701 e. The first-order chi connectivity index (χ1) is 8.26. The van der Waals surface area contributed by atoms with Gasteiger partial charge in [0.05, 0.1) is 19.8 Å². The second kappa shape index (κ2) is 12.3. The average molecular weight is 247 g/mol. The molecular weight excluding hydrogens is 218 g/mol. The van der Waals surface area contributed by atoms with Crippen molar-refractivity contribution in [3.8, 4) is 0 Å². The zero-order valence-electron chi connectivity index (χ0n) is 11.8. The summed E-state index contributed by atoms with van der Waals surface area (Å²) >= 11 is 0. The summed E-state index contributed by atoms with van der Waals surface area (Å²) in [5.74, 6) is 0.559. The van der Waals surface area contributed by atoms with Gasteiger partial charge in [-0.1, -0.05) is 13.8 Å². The van der Waals surface area contributed by atoms with Crippen LogP contribution < -0.4 is 5.32 Å². The van der Waals surface area contributed by atoms with E-state index in [9.17, 15) is 0 Å². The Balaban J connectivity index is 3.84. The van der Waals surface area contributed by atoms with Crippen molar-refractivity contribution in [2.75, 3.05) is 47.2 Å². The first kappa shape index (κ1) is 16.8. The van der Waals surface area contributed by atoms with Crippen molar-refractivity contribution < 1.29 is 14.2 Å². The standard InChI is InChI=1S/C13H29NO3/c1-5-7-14-13(11-17-10-9-16-4)12(2)6-8-15-3/h12-14H,5-11H2,1-4H3. The Kier molecular flexibility index (Phi) is 12.2. The molecule has 0 aromatic carbocycles. The number of methoxy groups -OCH3 is 2. The molecule has 17 heavy (non-hydrogen) atoms. The van der Waals surface area contributed by atoms with Crippen LogP contribution in [0.25, 0.3) is 0 Å². The molecule has 0 amide bonds. The summed E-state index contributed by atoms with van der Waals surface area (Å²) in [7, 11) is 3.44. The van der Waals surface area contributed by atoms with E-state index in [0.717, 1.165) is 32.6 Å². The summed E-state index contributed by atoms with van der Waals surface area (Å²) in [6, 6.07) is 0.405. The SMILES string of the molecule is CCCNC(COCCOC)C(C)CCOC. The normalized spacial score (nSPS) is 14.8. The van der Waals surface area contributed by atoms with Crippen molar-refractivity contribution in [1.29, 1.82) is 0 Å². The molecule has 0 aliphatic carbocycles. The molecular formula is C13H29NO3. The molecule has 2 unspecified atom stereocenters. The third-order valence-corrected chi connectivity index (χ3v) is 2.85. The lowest BCUT2D eigenvalue weighted by atomic mass is 9.99. The van der Waals surface area contributed by atoms with Crippen LogP contribution in [0.15, 0.2) is 0 Å². The molecule has 1 N–H and O–H groups in total. The van der Waals surface area contributed by atoms with E-state index in [-0.39, 0.29) is 0 Å². The number of hydrogen-bond acceptors (Lipinski definition) is 4. The van der Waals surface area contributed by atoms with Gasteiger partial charge < -0.3 is 19.5 Å². The van der Waals surface area contributed by atoms with Crippen molar-refractivity contribution in [1.82, 2.24) is 5.32 Å². The van der Waals surface area contributed by atoms with Crippen molar-refractivity contribution in [2.45, 2.75) is 32.7 Å². The fourth-order valence-corrected chi connectivity index (χ4v) is 1.61. The molecule has 0 radical (unpaired) electrons. The molecule has 104 valence electrons. The van der Waals surface area contributed by atoms with E-state index in [0.29, 0.717) is 25.2 Å². The molecule has 0 heterocycles. The number of rotatable bonds is 12. The quantitative estimate of drug-likeness (QED) is 0.533. The zero-order valence-corrected chi connectivity index (χ0v) is 11.8. The van der Waals surface area contributed by atoms with E-state index in [1.165, 1.54) is 0 Å². The number of hydrogen-bond donors (Lipinski definition) is 1. The summed E-state index contributed by atoms with van der Waals surface area (Å²) in [5, 5.41) is 3.53. The first-order valence-corrected chi connectivity index (χ1v) is 6.55. The molecule has 0 aromatic rings. The van der Waals surface area contributed by atoms with Gasteiger partial charge in [-0.25, -0.2) is 0 Å². The van der Waals surface area contributed by atoms with Gasteiger partial charge in [-0.15, -0.1) is 0 Å². The fraction of sp³-hybridized carbons (Fsp3) is 1.00. The minimum Gasteiger partial charge on any atom is -0.385 e. The molecule has 0 saturated heterocycles. The van der Waals surface area contributed by atoms with Crippen LogP contribution in [0.5, 0.6) is 0 Å². The topological polar surface area (TPSA) is 39.7 Å². The highest BCUT2D eigenvalue weighted by atomic mass is 16.5. The van der Waals surface area contributed by atoms with Gasteiger partial charge in [0, 0.05) is 26.9 Å². The molecule has 0 aliphatic heterocycles. The predicted molar refractivity (Wildman–Crippen MR) is 70.4 cm³/mol. The van der Waals surface area contributed by atoms with E-state index >= 15 is 0 Å². The lowest BCUT2D eigenvalue weighted by Crippen LogP contribution is -2.40. The van der Waals surface area contributed by atoms with Crippen molar-refractivity contribution in [3.63, 3.8) is 0 Å². The molecule has 0 aromatic heterocycles. The van der Waals surface area contributed by atoms with E-state index in [1.54, 1.807) is 14.2 Å². The van der Waals surface area contributed by atoms with E-state index < -0.39 is 0 Å². The lowest BCUT2D eigenvalue weighted by Gasteiger charge is -2.25. The third kappa shape index (κ3) is 9.53. The molecule has 0 saturated carbocycles. The molecule has 0 bridgehead atoms. The molecule has 4 heteroatoms. The van der Waals surface area contributed by atoms with Gasteiger partial charge in [0.15, 0.2) is 0 Å². The van der Waals surface area contributed by atoms with Crippen LogP contribution in [0.4, 0.5) is 0 Å². The van der Waals surface area contributed by atoms with Crippen molar-refractivity contribution >= 4 is 0 Å². The van der Waals surface area contributed by atoms with Crippen LogP contribution >= 0.6 is 0 Å². The Bertz CT molecular complexity index is 156. The van der Waals surface area contributed by atoms with Gasteiger partial charge in [0.25, 0.3) is 0 Å². The second-order valence-corrected chi connectivity index (χ2v) is 4.39. The minimum atomic E-state index is 0.405. The van der Waals surface area contributed by atoms with Crippen LogP contribution in [0, 0.1) is 5.92 Å². The zero-order chi connectivity index (χ0) is 12.9. The molecule has 0 spiro atoms. The summed E-state index contributed by atoms with van der Waals surface area (Å²) in [5.41, 5.74) is 0. The summed E-state index contributed by atoms with van der Waals surface area (Å²) in [4.78, 5) is 0. The van der Waals surface area contributed by atoms with Crippen molar-refractivity contribution in [2.24, 2.45) is 5.92 Å². The largest absolute Gasteiger partial charge is 0.385 e. The molecule has 0 fully saturated rings. The maximum atomic E-state index is 5.61. The monoisotopic (exact) mass is 247 g/mol. The summed E-state index contributed by atoms with van der Waals surface area (Å²) in [6.07, 6.45) is 2.21. The average Bonchev–Trinajstić information content (AvgIpc) is 2.35. The number of nitrogens with one attached hydrogen (secondary N) is 1.